The molecule has 0 bridgehead atoms. The van der Waals surface area contributed by atoms with E-state index in [4.69, 9.17) is 5.11 Å². The van der Waals surface area contributed by atoms with E-state index in [9.17, 15) is 14.0 Å². The first kappa shape index (κ1) is 16.2. The zero-order chi connectivity index (χ0) is 17.1. The minimum atomic E-state index is -1.10. The fraction of sp³-hybridized carbons (Fsp3) is 0.263. The summed E-state index contributed by atoms with van der Waals surface area (Å²) in [5, 5.41) is 11.4. The number of carbonyl (C=O) groups is 2. The summed E-state index contributed by atoms with van der Waals surface area (Å²) in [6.07, 6.45) is 3.96. The number of carboxylic acids is 1. The highest BCUT2D eigenvalue weighted by Gasteiger charge is 2.14. The van der Waals surface area contributed by atoms with Gasteiger partial charge in [0, 0.05) is 11.3 Å². The fourth-order valence-electron chi connectivity index (χ4n) is 3.01. The van der Waals surface area contributed by atoms with Gasteiger partial charge >= 0.3 is 5.97 Å². The van der Waals surface area contributed by atoms with Crippen LogP contribution in [0.25, 0.3) is 0 Å². The number of fused-ring (bicyclic) bond motifs is 1. The van der Waals surface area contributed by atoms with Gasteiger partial charge in [-0.05, 0) is 66.6 Å². The Labute approximate surface area is 139 Å². The summed E-state index contributed by atoms with van der Waals surface area (Å²) in [6, 6.07) is 9.71. The molecule has 1 amide bonds. The maximum absolute atomic E-state index is 13.9. The van der Waals surface area contributed by atoms with Gasteiger partial charge in [-0.15, -0.1) is 0 Å². The first-order valence-corrected chi connectivity index (χ1v) is 7.96. The summed E-state index contributed by atoms with van der Waals surface area (Å²) < 4.78 is 13.9. The standard InChI is InChI=1S/C19H18FNO3/c20-17-11-16(8-7-14(17)10-18(22)23)21-19(24)15-6-5-12-3-1-2-4-13(12)9-15/h5-9,11H,1-4,10H2,(H,21,24)(H,22,23). The van der Waals surface area contributed by atoms with E-state index in [0.717, 1.165) is 25.3 Å². The number of benzene rings is 2. The lowest BCUT2D eigenvalue weighted by atomic mass is 9.90. The molecule has 2 aromatic rings. The maximum atomic E-state index is 13.9. The Morgan fingerprint density at radius 1 is 1.04 bits per heavy atom. The second-order valence-corrected chi connectivity index (χ2v) is 6.02. The minimum absolute atomic E-state index is 0.0919. The fourth-order valence-corrected chi connectivity index (χ4v) is 3.01. The predicted octanol–water partition coefficient (Wildman–Crippen LogP) is 3.58. The van der Waals surface area contributed by atoms with Crippen molar-refractivity contribution in [1.29, 1.82) is 0 Å². The molecular weight excluding hydrogens is 309 g/mol. The summed E-state index contributed by atoms with van der Waals surface area (Å²) in [5.74, 6) is -2.03. The predicted molar refractivity (Wildman–Crippen MR) is 88.8 cm³/mol. The highest BCUT2D eigenvalue weighted by molar-refractivity contribution is 6.04. The van der Waals surface area contributed by atoms with E-state index >= 15 is 0 Å². The van der Waals surface area contributed by atoms with Crippen LogP contribution in [0.2, 0.25) is 0 Å². The average Bonchev–Trinajstić information content (AvgIpc) is 2.56. The molecule has 124 valence electrons. The molecule has 2 N–H and O–H groups in total. The number of aliphatic carboxylic acids is 1. The molecule has 3 rings (SSSR count). The van der Waals surface area contributed by atoms with Crippen molar-refractivity contribution >= 4 is 17.6 Å². The van der Waals surface area contributed by atoms with E-state index in [-0.39, 0.29) is 17.9 Å². The molecule has 0 unspecified atom stereocenters. The lowest BCUT2D eigenvalue weighted by Gasteiger charge is -2.16. The molecule has 1 aliphatic rings. The number of carboxylic acid groups (broad SMARTS) is 1. The first-order chi connectivity index (χ1) is 11.5. The Morgan fingerprint density at radius 3 is 2.50 bits per heavy atom. The number of aryl methyl sites for hydroxylation is 2. The Bertz CT molecular complexity index is 801. The minimum Gasteiger partial charge on any atom is -0.481 e. The number of anilines is 1. The topological polar surface area (TPSA) is 66.4 Å². The molecule has 1 aliphatic carbocycles. The molecular formula is C19H18FNO3. The van der Waals surface area contributed by atoms with Gasteiger partial charge in [-0.25, -0.2) is 4.39 Å². The maximum Gasteiger partial charge on any atom is 0.307 e. The molecule has 5 heteroatoms. The zero-order valence-corrected chi connectivity index (χ0v) is 13.1. The monoisotopic (exact) mass is 327 g/mol. The van der Waals surface area contributed by atoms with Crippen molar-refractivity contribution < 1.29 is 19.1 Å². The second-order valence-electron chi connectivity index (χ2n) is 6.02. The molecule has 0 aliphatic heterocycles. The molecule has 4 nitrogen and oxygen atoms in total. The highest BCUT2D eigenvalue weighted by Crippen LogP contribution is 2.23. The lowest BCUT2D eigenvalue weighted by Crippen LogP contribution is -2.14. The molecule has 0 saturated carbocycles. The van der Waals surface area contributed by atoms with Crippen molar-refractivity contribution in [2.75, 3.05) is 5.32 Å². The number of halogens is 1. The number of rotatable bonds is 4. The number of amides is 1. The van der Waals surface area contributed by atoms with Crippen molar-refractivity contribution in [2.24, 2.45) is 0 Å². The molecule has 0 heterocycles. The quantitative estimate of drug-likeness (QED) is 0.902. The van der Waals surface area contributed by atoms with E-state index < -0.39 is 11.8 Å². The van der Waals surface area contributed by atoms with E-state index in [2.05, 4.69) is 5.32 Å². The smallest absolute Gasteiger partial charge is 0.307 e. The van der Waals surface area contributed by atoms with Gasteiger partial charge in [0.1, 0.15) is 5.82 Å². The zero-order valence-electron chi connectivity index (χ0n) is 13.1. The molecule has 0 fully saturated rings. The number of carbonyl (C=O) groups excluding carboxylic acids is 1. The average molecular weight is 327 g/mol. The van der Waals surface area contributed by atoms with Crippen LogP contribution in [0.15, 0.2) is 36.4 Å². The largest absolute Gasteiger partial charge is 0.481 e. The third-order valence-electron chi connectivity index (χ3n) is 4.26. The summed E-state index contributed by atoms with van der Waals surface area (Å²) >= 11 is 0. The second kappa shape index (κ2) is 6.83. The number of hydrogen-bond donors (Lipinski definition) is 2. The van der Waals surface area contributed by atoms with Gasteiger partial charge in [0.05, 0.1) is 6.42 Å². The van der Waals surface area contributed by atoms with E-state index in [1.807, 2.05) is 12.1 Å². The van der Waals surface area contributed by atoms with Crippen LogP contribution in [-0.4, -0.2) is 17.0 Å². The van der Waals surface area contributed by atoms with Crippen LogP contribution in [0.5, 0.6) is 0 Å². The number of nitrogens with one attached hydrogen (secondary N) is 1. The van der Waals surface area contributed by atoms with Crippen molar-refractivity contribution in [1.82, 2.24) is 0 Å². The third-order valence-corrected chi connectivity index (χ3v) is 4.26. The number of hydrogen-bond acceptors (Lipinski definition) is 2. The Balaban J connectivity index is 1.75. The van der Waals surface area contributed by atoms with Crippen LogP contribution in [-0.2, 0) is 24.1 Å². The van der Waals surface area contributed by atoms with E-state index in [1.54, 1.807) is 6.07 Å². The normalized spacial score (nSPS) is 13.2. The van der Waals surface area contributed by atoms with Crippen LogP contribution in [0.4, 0.5) is 10.1 Å². The van der Waals surface area contributed by atoms with E-state index in [0.29, 0.717) is 11.3 Å². The van der Waals surface area contributed by atoms with Gasteiger partial charge in [0.25, 0.3) is 5.91 Å². The summed E-state index contributed by atoms with van der Waals surface area (Å²) in [5.41, 5.74) is 3.45. The van der Waals surface area contributed by atoms with Gasteiger partial charge in [-0.3, -0.25) is 9.59 Å². The Morgan fingerprint density at radius 2 is 1.79 bits per heavy atom. The molecule has 0 atom stereocenters. The van der Waals surface area contributed by atoms with Crippen LogP contribution < -0.4 is 5.32 Å². The van der Waals surface area contributed by atoms with Crippen LogP contribution in [0.1, 0.15) is 39.9 Å². The molecule has 0 saturated heterocycles. The van der Waals surface area contributed by atoms with Gasteiger partial charge in [-0.2, -0.15) is 0 Å². The molecule has 0 radical (unpaired) electrons. The molecule has 24 heavy (non-hydrogen) atoms. The van der Waals surface area contributed by atoms with Crippen LogP contribution >= 0.6 is 0 Å². The Hall–Kier alpha value is -2.69. The van der Waals surface area contributed by atoms with Gasteiger partial charge < -0.3 is 10.4 Å². The molecule has 0 spiro atoms. The highest BCUT2D eigenvalue weighted by atomic mass is 19.1. The van der Waals surface area contributed by atoms with Crippen molar-refractivity contribution in [3.8, 4) is 0 Å². The summed E-state index contributed by atoms with van der Waals surface area (Å²) in [6.45, 7) is 0. The van der Waals surface area contributed by atoms with E-state index in [1.165, 1.54) is 29.7 Å². The van der Waals surface area contributed by atoms with Crippen molar-refractivity contribution in [3.05, 3.63) is 64.5 Å². The summed E-state index contributed by atoms with van der Waals surface area (Å²) in [4.78, 5) is 23.0. The van der Waals surface area contributed by atoms with Crippen LogP contribution in [0, 0.1) is 5.82 Å². The third kappa shape index (κ3) is 3.62. The Kier molecular flexibility index (Phi) is 4.60. The first-order valence-electron chi connectivity index (χ1n) is 7.96. The molecule has 0 aromatic heterocycles. The lowest BCUT2D eigenvalue weighted by molar-refractivity contribution is -0.136. The van der Waals surface area contributed by atoms with Crippen molar-refractivity contribution in [2.45, 2.75) is 32.1 Å². The van der Waals surface area contributed by atoms with Gasteiger partial charge in [0.2, 0.25) is 0 Å². The SMILES string of the molecule is O=C(O)Cc1ccc(NC(=O)c2ccc3c(c2)CCCC3)cc1F. The van der Waals surface area contributed by atoms with Gasteiger partial charge in [-0.1, -0.05) is 12.1 Å². The molecule has 2 aromatic carbocycles. The summed E-state index contributed by atoms with van der Waals surface area (Å²) in [7, 11) is 0. The van der Waals surface area contributed by atoms with Crippen LogP contribution in [0.3, 0.4) is 0 Å². The van der Waals surface area contributed by atoms with Gasteiger partial charge in [0.15, 0.2) is 0 Å². The van der Waals surface area contributed by atoms with Crippen molar-refractivity contribution in [3.63, 3.8) is 0 Å².